The van der Waals surface area contributed by atoms with Gasteiger partial charge in [0.1, 0.15) is 0 Å². The number of hydrogen-bond acceptors (Lipinski definition) is 0. The SMILES string of the molecule is CC=C(CCCC)C(CCCC)=[C]([Ru])CCCC. The summed E-state index contributed by atoms with van der Waals surface area (Å²) in [5.41, 5.74) is 3.26. The molecule has 0 amide bonds. The van der Waals surface area contributed by atoms with Crippen molar-refractivity contribution in [3.63, 3.8) is 0 Å². The summed E-state index contributed by atoms with van der Waals surface area (Å²) in [5.74, 6) is 0. The zero-order valence-corrected chi connectivity index (χ0v) is 14.5. The molecule has 0 atom stereocenters. The molecule has 0 radical (unpaired) electrons. The van der Waals surface area contributed by atoms with Crippen LogP contribution in [0.5, 0.6) is 0 Å². The standard InChI is InChI=1S/C17H31.Ru/c1-5-9-12-15-17(14-11-7-3)16(8-4)13-10-6-2;/h8H,5-7,9-14H2,1-4H3;. The van der Waals surface area contributed by atoms with Crippen LogP contribution in [0.1, 0.15) is 85.5 Å². The van der Waals surface area contributed by atoms with Crippen molar-refractivity contribution in [2.24, 2.45) is 0 Å². The summed E-state index contributed by atoms with van der Waals surface area (Å²) in [4.78, 5) is 0. The van der Waals surface area contributed by atoms with Gasteiger partial charge in [-0.25, -0.2) is 0 Å². The Morgan fingerprint density at radius 1 is 0.833 bits per heavy atom. The van der Waals surface area contributed by atoms with Gasteiger partial charge in [-0.2, -0.15) is 0 Å². The van der Waals surface area contributed by atoms with E-state index in [1.165, 1.54) is 57.8 Å². The minimum atomic E-state index is 1.26. The Balaban J connectivity index is 4.81. The van der Waals surface area contributed by atoms with E-state index >= 15 is 0 Å². The molecule has 0 nitrogen and oxygen atoms in total. The van der Waals surface area contributed by atoms with Crippen LogP contribution in [0.4, 0.5) is 0 Å². The van der Waals surface area contributed by atoms with E-state index in [2.05, 4.69) is 52.1 Å². The van der Waals surface area contributed by atoms with Crippen LogP contribution in [0.2, 0.25) is 0 Å². The van der Waals surface area contributed by atoms with Gasteiger partial charge in [0.2, 0.25) is 0 Å². The monoisotopic (exact) mass is 337 g/mol. The van der Waals surface area contributed by atoms with Gasteiger partial charge >= 0.3 is 125 Å². The molecule has 0 saturated carbocycles. The molecule has 0 aromatic rings. The number of hydrogen-bond donors (Lipinski definition) is 0. The molecular weight excluding hydrogens is 305 g/mol. The Hall–Kier alpha value is 0.103. The molecule has 1 heteroatoms. The van der Waals surface area contributed by atoms with Crippen LogP contribution in [0.15, 0.2) is 21.4 Å². The van der Waals surface area contributed by atoms with Crippen LogP contribution in [0.25, 0.3) is 0 Å². The van der Waals surface area contributed by atoms with Crippen LogP contribution in [-0.2, 0) is 18.3 Å². The molecule has 0 aromatic carbocycles. The second-order valence-electron chi connectivity index (χ2n) is 4.99. The summed E-state index contributed by atoms with van der Waals surface area (Å²) in [5, 5.41) is 0. The Bertz CT molecular complexity index is 261. The molecule has 0 aliphatic carbocycles. The Kier molecular flexibility index (Phi) is 12.2. The minimum absolute atomic E-state index is 1.26. The molecule has 18 heavy (non-hydrogen) atoms. The Morgan fingerprint density at radius 3 is 1.83 bits per heavy atom. The summed E-state index contributed by atoms with van der Waals surface area (Å²) >= 11 is 2.91. The van der Waals surface area contributed by atoms with Gasteiger partial charge in [-0.3, -0.25) is 0 Å². The van der Waals surface area contributed by atoms with Gasteiger partial charge in [0.15, 0.2) is 0 Å². The van der Waals surface area contributed by atoms with Gasteiger partial charge in [-0.15, -0.1) is 0 Å². The number of allylic oxidation sites excluding steroid dienone is 4. The van der Waals surface area contributed by atoms with Crippen LogP contribution in [0.3, 0.4) is 0 Å². The molecule has 0 N–H and O–H groups in total. The van der Waals surface area contributed by atoms with Crippen LogP contribution in [-0.4, -0.2) is 0 Å². The maximum atomic E-state index is 2.91. The number of unbranched alkanes of at least 4 members (excludes halogenated alkanes) is 3. The van der Waals surface area contributed by atoms with E-state index in [4.69, 9.17) is 0 Å². The zero-order valence-electron chi connectivity index (χ0n) is 12.8. The van der Waals surface area contributed by atoms with Crippen molar-refractivity contribution < 1.29 is 18.3 Å². The molecule has 0 spiro atoms. The van der Waals surface area contributed by atoms with E-state index < -0.39 is 0 Å². The fourth-order valence-corrected chi connectivity index (χ4v) is 2.94. The van der Waals surface area contributed by atoms with Crippen molar-refractivity contribution >= 4 is 0 Å². The second kappa shape index (κ2) is 12.2. The fourth-order valence-electron chi connectivity index (χ4n) is 2.13. The van der Waals surface area contributed by atoms with Crippen molar-refractivity contribution in [1.82, 2.24) is 0 Å². The van der Waals surface area contributed by atoms with Crippen molar-refractivity contribution in [2.75, 3.05) is 0 Å². The maximum absolute atomic E-state index is 2.91. The molecular formula is C17H31Ru. The summed E-state index contributed by atoms with van der Waals surface area (Å²) in [7, 11) is 0. The van der Waals surface area contributed by atoms with Crippen molar-refractivity contribution in [1.29, 1.82) is 0 Å². The normalized spacial score (nSPS) is 13.7. The first-order chi connectivity index (χ1) is 8.71. The van der Waals surface area contributed by atoms with E-state index in [-0.39, 0.29) is 0 Å². The Labute approximate surface area is 125 Å². The average molecular weight is 337 g/mol. The third-order valence-electron chi connectivity index (χ3n) is 3.38. The second-order valence-corrected chi connectivity index (χ2v) is 6.04. The first-order valence-electron chi connectivity index (χ1n) is 7.72. The first kappa shape index (κ1) is 18.1. The van der Waals surface area contributed by atoms with Gasteiger partial charge in [0, 0.05) is 0 Å². The summed E-state index contributed by atoms with van der Waals surface area (Å²) in [6.45, 7) is 9.05. The van der Waals surface area contributed by atoms with E-state index in [9.17, 15) is 0 Å². The van der Waals surface area contributed by atoms with Gasteiger partial charge in [-0.1, -0.05) is 0 Å². The Morgan fingerprint density at radius 2 is 1.33 bits per heavy atom. The molecule has 0 saturated heterocycles. The van der Waals surface area contributed by atoms with E-state index in [1.807, 2.05) is 0 Å². The van der Waals surface area contributed by atoms with Crippen molar-refractivity contribution in [2.45, 2.75) is 85.5 Å². The van der Waals surface area contributed by atoms with Crippen LogP contribution >= 0.6 is 0 Å². The third-order valence-corrected chi connectivity index (χ3v) is 4.34. The predicted molar refractivity (Wildman–Crippen MR) is 79.4 cm³/mol. The third kappa shape index (κ3) is 7.52. The van der Waals surface area contributed by atoms with E-state index in [0.717, 1.165) is 0 Å². The molecule has 0 heterocycles. The quantitative estimate of drug-likeness (QED) is 0.324. The number of rotatable bonds is 10. The molecule has 0 aromatic heterocycles. The van der Waals surface area contributed by atoms with E-state index in [0.29, 0.717) is 0 Å². The van der Waals surface area contributed by atoms with Gasteiger partial charge in [0.25, 0.3) is 0 Å². The topological polar surface area (TPSA) is 0 Å². The summed E-state index contributed by atoms with van der Waals surface area (Å²) < 4.78 is 1.58. The van der Waals surface area contributed by atoms with Crippen molar-refractivity contribution in [3.8, 4) is 0 Å². The van der Waals surface area contributed by atoms with Gasteiger partial charge < -0.3 is 0 Å². The van der Waals surface area contributed by atoms with Gasteiger partial charge in [0.05, 0.1) is 0 Å². The molecule has 0 aliphatic rings. The molecule has 0 bridgehead atoms. The van der Waals surface area contributed by atoms with E-state index in [1.54, 1.807) is 15.3 Å². The summed E-state index contributed by atoms with van der Waals surface area (Å²) in [6, 6.07) is 0. The van der Waals surface area contributed by atoms with Crippen molar-refractivity contribution in [3.05, 3.63) is 21.4 Å². The average Bonchev–Trinajstić information content (AvgIpc) is 2.39. The van der Waals surface area contributed by atoms with Crippen LogP contribution in [0, 0.1) is 0 Å². The molecule has 0 fully saturated rings. The first-order valence-corrected chi connectivity index (χ1v) is 8.59. The van der Waals surface area contributed by atoms with Crippen LogP contribution < -0.4 is 0 Å². The molecule has 0 aliphatic heterocycles. The zero-order chi connectivity index (χ0) is 13.8. The molecule has 0 unspecified atom stereocenters. The fraction of sp³-hybridized carbons (Fsp3) is 0.765. The predicted octanol–water partition coefficient (Wildman–Crippen LogP) is 6.30. The molecule has 0 rings (SSSR count). The van der Waals surface area contributed by atoms with Gasteiger partial charge in [-0.05, 0) is 0 Å². The summed E-state index contributed by atoms with van der Waals surface area (Å²) in [6.07, 6.45) is 14.0. The molecule has 107 valence electrons.